The molecule has 0 aromatic heterocycles. The molecule has 22 heavy (non-hydrogen) atoms. The van der Waals surface area contributed by atoms with Gasteiger partial charge in [0.25, 0.3) is 0 Å². The predicted molar refractivity (Wildman–Crippen MR) is 66.5 cm³/mol. The molecule has 0 aliphatic rings. The minimum Gasteiger partial charge on any atom is -0.496 e. The van der Waals surface area contributed by atoms with E-state index in [1.165, 1.54) is 6.92 Å². The Hall–Kier alpha value is -1.90. The molecule has 0 unspecified atom stereocenters. The molecule has 124 valence electrons. The summed E-state index contributed by atoms with van der Waals surface area (Å²) < 4.78 is 74.4. The maximum atomic E-state index is 13.9. The highest BCUT2D eigenvalue weighted by Crippen LogP contribution is 2.39. The monoisotopic (exact) mass is 327 g/mol. The third-order valence-electron chi connectivity index (χ3n) is 2.83. The Morgan fingerprint density at radius 3 is 2.32 bits per heavy atom. The van der Waals surface area contributed by atoms with Crippen molar-refractivity contribution in [2.45, 2.75) is 25.1 Å². The highest BCUT2D eigenvalue weighted by molar-refractivity contribution is 5.79. The highest BCUT2D eigenvalue weighted by Gasteiger charge is 2.49. The molecule has 0 saturated carbocycles. The van der Waals surface area contributed by atoms with E-state index in [4.69, 9.17) is 5.73 Å². The van der Waals surface area contributed by atoms with Gasteiger partial charge in [0.05, 0.1) is 19.3 Å². The average molecular weight is 327 g/mol. The molecule has 0 radical (unpaired) electrons. The molecule has 0 saturated heterocycles. The molecule has 0 fully saturated rings. The van der Waals surface area contributed by atoms with Gasteiger partial charge in [0.15, 0.2) is 0 Å². The molecular formula is C13H14F5NO3. The van der Waals surface area contributed by atoms with Crippen LogP contribution in [0, 0.1) is 0 Å². The topological polar surface area (TPSA) is 61.5 Å². The van der Waals surface area contributed by atoms with E-state index in [1.54, 1.807) is 0 Å². The maximum Gasteiger partial charge on any atom is 0.416 e. The molecule has 0 spiro atoms. The van der Waals surface area contributed by atoms with Gasteiger partial charge < -0.3 is 15.2 Å². The van der Waals surface area contributed by atoms with Crippen LogP contribution in [0.15, 0.2) is 18.2 Å². The van der Waals surface area contributed by atoms with Crippen LogP contribution in [0.4, 0.5) is 22.0 Å². The van der Waals surface area contributed by atoms with Crippen LogP contribution in [0.1, 0.15) is 24.1 Å². The van der Waals surface area contributed by atoms with Crippen molar-refractivity contribution in [2.75, 3.05) is 13.7 Å². The number of hydrogen-bond acceptors (Lipinski definition) is 4. The van der Waals surface area contributed by atoms with Gasteiger partial charge in [-0.1, -0.05) is 6.07 Å². The van der Waals surface area contributed by atoms with E-state index >= 15 is 0 Å². The van der Waals surface area contributed by atoms with Crippen LogP contribution in [0.5, 0.6) is 5.75 Å². The van der Waals surface area contributed by atoms with Gasteiger partial charge in [-0.2, -0.15) is 22.0 Å². The Kier molecular flexibility index (Phi) is 5.34. The Morgan fingerprint density at radius 1 is 1.27 bits per heavy atom. The minimum absolute atomic E-state index is 0.286. The van der Waals surface area contributed by atoms with E-state index in [0.29, 0.717) is 12.1 Å². The van der Waals surface area contributed by atoms with Crippen LogP contribution < -0.4 is 10.5 Å². The molecule has 9 heteroatoms. The molecule has 0 heterocycles. The summed E-state index contributed by atoms with van der Waals surface area (Å²) in [6.45, 7) is 1.05. The van der Waals surface area contributed by atoms with E-state index in [9.17, 15) is 26.7 Å². The molecule has 4 nitrogen and oxygen atoms in total. The van der Waals surface area contributed by atoms with Crippen molar-refractivity contribution in [2.24, 2.45) is 5.73 Å². The minimum atomic E-state index is -4.67. The highest BCUT2D eigenvalue weighted by atomic mass is 19.4. The van der Waals surface area contributed by atoms with Gasteiger partial charge in [0, 0.05) is 5.56 Å². The van der Waals surface area contributed by atoms with Crippen molar-refractivity contribution in [1.82, 2.24) is 0 Å². The first-order valence-electron chi connectivity index (χ1n) is 6.11. The molecule has 2 N–H and O–H groups in total. The number of ether oxygens (including phenoxy) is 2. The van der Waals surface area contributed by atoms with Gasteiger partial charge in [-0.15, -0.1) is 0 Å². The van der Waals surface area contributed by atoms with Gasteiger partial charge in [-0.25, -0.2) is 4.79 Å². The number of methoxy groups -OCH3 is 1. The molecule has 1 rings (SSSR count). The second-order valence-corrected chi connectivity index (χ2v) is 4.28. The molecule has 1 atom stereocenters. The first-order chi connectivity index (χ1) is 10.1. The number of alkyl halides is 5. The number of carbonyl (C=O) groups is 1. The molecule has 0 aliphatic heterocycles. The third kappa shape index (κ3) is 3.65. The summed E-state index contributed by atoms with van der Waals surface area (Å²) in [5, 5.41) is 0. The summed E-state index contributed by atoms with van der Waals surface area (Å²) in [4.78, 5) is 11.2. The van der Waals surface area contributed by atoms with Crippen LogP contribution in [0.2, 0.25) is 0 Å². The SMILES string of the molecule is CCOC(=O)C(F)(F)[C@H](N)c1ccc(C(F)(F)F)cc1OC. The van der Waals surface area contributed by atoms with Gasteiger partial charge in [0.1, 0.15) is 11.8 Å². The predicted octanol–water partition coefficient (Wildman–Crippen LogP) is 2.91. The summed E-state index contributed by atoms with van der Waals surface area (Å²) in [6, 6.07) is -0.335. The Morgan fingerprint density at radius 2 is 1.86 bits per heavy atom. The lowest BCUT2D eigenvalue weighted by Crippen LogP contribution is -2.42. The fourth-order valence-electron chi connectivity index (χ4n) is 1.69. The standard InChI is InChI=1S/C13H14F5NO3/c1-3-22-11(20)12(14,15)10(19)8-5-4-7(13(16,17)18)6-9(8)21-2/h4-6,10H,3,19H2,1-2H3/t10-/m1/s1. The Labute approximate surface area is 123 Å². The van der Waals surface area contributed by atoms with Gasteiger partial charge in [-0.05, 0) is 19.1 Å². The second kappa shape index (κ2) is 6.47. The van der Waals surface area contributed by atoms with Crippen LogP contribution >= 0.6 is 0 Å². The zero-order valence-corrected chi connectivity index (χ0v) is 11.7. The first kappa shape index (κ1) is 18.1. The fraction of sp³-hybridized carbons (Fsp3) is 0.462. The lowest BCUT2D eigenvalue weighted by atomic mass is 9.98. The van der Waals surface area contributed by atoms with Crippen LogP contribution in [-0.2, 0) is 15.7 Å². The molecule has 0 bridgehead atoms. The molecule has 1 aromatic carbocycles. The van der Waals surface area contributed by atoms with Crippen molar-refractivity contribution in [3.63, 3.8) is 0 Å². The van der Waals surface area contributed by atoms with Gasteiger partial charge in [0.2, 0.25) is 0 Å². The van der Waals surface area contributed by atoms with Crippen molar-refractivity contribution < 1.29 is 36.2 Å². The van der Waals surface area contributed by atoms with Gasteiger partial charge in [-0.3, -0.25) is 0 Å². The number of nitrogens with two attached hydrogens (primary N) is 1. The molecule has 0 aliphatic carbocycles. The lowest BCUT2D eigenvalue weighted by molar-refractivity contribution is -0.174. The van der Waals surface area contributed by atoms with E-state index in [-0.39, 0.29) is 6.61 Å². The smallest absolute Gasteiger partial charge is 0.416 e. The van der Waals surface area contributed by atoms with E-state index in [2.05, 4.69) is 9.47 Å². The summed E-state index contributed by atoms with van der Waals surface area (Å²) >= 11 is 0. The largest absolute Gasteiger partial charge is 0.496 e. The normalized spacial score (nSPS) is 13.6. The molecule has 0 amide bonds. The number of carbonyl (C=O) groups excluding carboxylic acids is 1. The number of hydrogen-bond donors (Lipinski definition) is 1. The van der Waals surface area contributed by atoms with Crippen molar-refractivity contribution >= 4 is 5.97 Å². The van der Waals surface area contributed by atoms with Gasteiger partial charge >= 0.3 is 18.1 Å². The zero-order chi connectivity index (χ0) is 17.1. The zero-order valence-electron chi connectivity index (χ0n) is 11.7. The van der Waals surface area contributed by atoms with Crippen LogP contribution in [0.25, 0.3) is 0 Å². The van der Waals surface area contributed by atoms with Crippen molar-refractivity contribution in [1.29, 1.82) is 0 Å². The second-order valence-electron chi connectivity index (χ2n) is 4.28. The summed E-state index contributed by atoms with van der Waals surface area (Å²) in [5.41, 5.74) is 3.81. The maximum absolute atomic E-state index is 13.9. The number of benzene rings is 1. The van der Waals surface area contributed by atoms with Crippen LogP contribution in [0.3, 0.4) is 0 Å². The quantitative estimate of drug-likeness (QED) is 0.667. The van der Waals surface area contributed by atoms with Crippen molar-refractivity contribution in [3.05, 3.63) is 29.3 Å². The Balaban J connectivity index is 3.23. The van der Waals surface area contributed by atoms with Crippen LogP contribution in [-0.4, -0.2) is 25.6 Å². The average Bonchev–Trinajstić information content (AvgIpc) is 2.44. The molecular weight excluding hydrogens is 313 g/mol. The number of halogens is 5. The van der Waals surface area contributed by atoms with E-state index in [1.807, 2.05) is 0 Å². The fourth-order valence-corrected chi connectivity index (χ4v) is 1.69. The lowest BCUT2D eigenvalue weighted by Gasteiger charge is -2.24. The van der Waals surface area contributed by atoms with E-state index in [0.717, 1.165) is 13.2 Å². The number of rotatable bonds is 5. The summed E-state index contributed by atoms with van der Waals surface area (Å²) in [5.74, 6) is -6.46. The Bertz CT molecular complexity index is 545. The third-order valence-corrected chi connectivity index (χ3v) is 2.83. The van der Waals surface area contributed by atoms with Crippen molar-refractivity contribution in [3.8, 4) is 5.75 Å². The molecule has 1 aromatic rings. The number of esters is 1. The summed E-state index contributed by atoms with van der Waals surface area (Å²) in [6.07, 6.45) is -4.67. The summed E-state index contributed by atoms with van der Waals surface area (Å²) in [7, 11) is 1.01. The first-order valence-corrected chi connectivity index (χ1v) is 6.11. The van der Waals surface area contributed by atoms with E-state index < -0.39 is 41.0 Å².